The van der Waals surface area contributed by atoms with Crippen LogP contribution in [0, 0.1) is 5.92 Å². The Labute approximate surface area is 97.3 Å². The monoisotopic (exact) mass is 226 g/mol. The summed E-state index contributed by atoms with van der Waals surface area (Å²) in [5.74, 6) is 0.881. The van der Waals surface area contributed by atoms with E-state index in [1.54, 1.807) is 0 Å². The van der Waals surface area contributed by atoms with Crippen LogP contribution in [0.4, 0.5) is 4.79 Å². The highest BCUT2D eigenvalue weighted by molar-refractivity contribution is 5.74. The van der Waals surface area contributed by atoms with Gasteiger partial charge in [0.1, 0.15) is 0 Å². The first-order valence-corrected chi connectivity index (χ1v) is 6.43. The molecule has 0 aromatic heterocycles. The van der Waals surface area contributed by atoms with Crippen LogP contribution in [0.25, 0.3) is 0 Å². The van der Waals surface area contributed by atoms with E-state index in [9.17, 15) is 4.79 Å². The number of nitrogens with zero attached hydrogens (tertiary/aromatic N) is 1. The molecule has 2 fully saturated rings. The summed E-state index contributed by atoms with van der Waals surface area (Å²) in [4.78, 5) is 13.9. The van der Waals surface area contributed by atoms with Crippen LogP contribution in [0.5, 0.6) is 0 Å². The van der Waals surface area contributed by atoms with Crippen molar-refractivity contribution in [3.63, 3.8) is 0 Å². The maximum Gasteiger partial charge on any atom is 0.317 e. The molecule has 1 heterocycles. The predicted octanol–water partition coefficient (Wildman–Crippen LogP) is 1.61. The van der Waals surface area contributed by atoms with Crippen molar-refractivity contribution in [1.29, 1.82) is 0 Å². The summed E-state index contributed by atoms with van der Waals surface area (Å²) in [6.45, 7) is 5.02. The molecule has 1 aliphatic carbocycles. The molecular weight excluding hydrogens is 204 g/mol. The third-order valence-electron chi connectivity index (χ3n) is 3.49. The van der Waals surface area contributed by atoms with Crippen molar-refractivity contribution in [1.82, 2.24) is 10.2 Å². The van der Waals surface area contributed by atoms with E-state index in [-0.39, 0.29) is 12.1 Å². The first-order chi connectivity index (χ1) is 7.81. The van der Waals surface area contributed by atoms with Gasteiger partial charge in [0, 0.05) is 13.1 Å². The lowest BCUT2D eigenvalue weighted by Gasteiger charge is -2.35. The molecule has 1 saturated heterocycles. The highest BCUT2D eigenvalue weighted by atomic mass is 16.5. The van der Waals surface area contributed by atoms with Crippen LogP contribution in [-0.4, -0.2) is 43.3 Å². The third kappa shape index (κ3) is 3.11. The quantitative estimate of drug-likeness (QED) is 0.791. The van der Waals surface area contributed by atoms with Gasteiger partial charge in [0.25, 0.3) is 0 Å². The smallest absolute Gasteiger partial charge is 0.317 e. The van der Waals surface area contributed by atoms with Crippen molar-refractivity contribution in [2.75, 3.05) is 26.3 Å². The second kappa shape index (κ2) is 5.53. The van der Waals surface area contributed by atoms with Gasteiger partial charge in [-0.2, -0.15) is 0 Å². The minimum atomic E-state index is 0.0933. The van der Waals surface area contributed by atoms with Crippen LogP contribution in [0.3, 0.4) is 0 Å². The molecule has 0 aromatic carbocycles. The predicted molar refractivity (Wildman–Crippen MR) is 62.3 cm³/mol. The molecule has 0 aromatic rings. The summed E-state index contributed by atoms with van der Waals surface area (Å²) >= 11 is 0. The van der Waals surface area contributed by atoms with E-state index in [0.717, 1.165) is 31.8 Å². The van der Waals surface area contributed by atoms with E-state index in [0.29, 0.717) is 13.2 Å². The molecule has 0 radical (unpaired) electrons. The molecule has 1 N–H and O–H groups in total. The van der Waals surface area contributed by atoms with Crippen LogP contribution in [-0.2, 0) is 4.74 Å². The van der Waals surface area contributed by atoms with Gasteiger partial charge in [0.15, 0.2) is 0 Å². The van der Waals surface area contributed by atoms with Gasteiger partial charge in [-0.15, -0.1) is 0 Å². The molecule has 0 spiro atoms. The van der Waals surface area contributed by atoms with Gasteiger partial charge >= 0.3 is 6.03 Å². The molecule has 0 bridgehead atoms. The molecule has 16 heavy (non-hydrogen) atoms. The summed E-state index contributed by atoms with van der Waals surface area (Å²) in [6, 6.07) is 0.352. The zero-order valence-corrected chi connectivity index (χ0v) is 10.1. The van der Waals surface area contributed by atoms with Gasteiger partial charge in [0.2, 0.25) is 0 Å². The molecule has 1 saturated carbocycles. The Kier molecular flexibility index (Phi) is 4.04. The first kappa shape index (κ1) is 11.7. The molecule has 0 unspecified atom stereocenters. The Morgan fingerprint density at radius 3 is 3.00 bits per heavy atom. The van der Waals surface area contributed by atoms with Crippen LogP contribution >= 0.6 is 0 Å². The highest BCUT2D eigenvalue weighted by Crippen LogP contribution is 2.31. The summed E-state index contributed by atoms with van der Waals surface area (Å²) in [6.07, 6.45) is 4.82. The average Bonchev–Trinajstić information content (AvgIpc) is 3.13. The van der Waals surface area contributed by atoms with Crippen molar-refractivity contribution < 1.29 is 9.53 Å². The van der Waals surface area contributed by atoms with Crippen molar-refractivity contribution in [3.8, 4) is 0 Å². The molecule has 92 valence electrons. The largest absolute Gasteiger partial charge is 0.377 e. The van der Waals surface area contributed by atoms with Gasteiger partial charge in [0.05, 0.1) is 19.3 Å². The number of morpholine rings is 1. The fourth-order valence-electron chi connectivity index (χ4n) is 2.15. The maximum atomic E-state index is 11.9. The normalized spacial score (nSPS) is 25.6. The lowest BCUT2D eigenvalue weighted by Crippen LogP contribution is -2.52. The summed E-state index contributed by atoms with van der Waals surface area (Å²) in [7, 11) is 0. The third-order valence-corrected chi connectivity index (χ3v) is 3.49. The average molecular weight is 226 g/mol. The topological polar surface area (TPSA) is 41.6 Å². The van der Waals surface area contributed by atoms with E-state index < -0.39 is 0 Å². The molecule has 2 aliphatic rings. The number of hydrogen-bond acceptors (Lipinski definition) is 2. The summed E-state index contributed by atoms with van der Waals surface area (Å²) in [5, 5.41) is 3.02. The fraction of sp³-hybridized carbons (Fsp3) is 0.917. The zero-order valence-electron chi connectivity index (χ0n) is 10.1. The maximum absolute atomic E-state index is 11.9. The SMILES string of the molecule is CC[C@H]1COCCN1C(=O)NCCC1CC1. The van der Waals surface area contributed by atoms with Crippen molar-refractivity contribution in [3.05, 3.63) is 0 Å². The zero-order chi connectivity index (χ0) is 11.4. The van der Waals surface area contributed by atoms with Gasteiger partial charge in [-0.05, 0) is 18.8 Å². The highest BCUT2D eigenvalue weighted by Gasteiger charge is 2.26. The minimum Gasteiger partial charge on any atom is -0.377 e. The van der Waals surface area contributed by atoms with Gasteiger partial charge < -0.3 is 15.0 Å². The van der Waals surface area contributed by atoms with Crippen LogP contribution in [0.1, 0.15) is 32.6 Å². The van der Waals surface area contributed by atoms with E-state index in [1.807, 2.05) is 4.90 Å². The number of rotatable bonds is 4. The summed E-state index contributed by atoms with van der Waals surface area (Å²) < 4.78 is 5.38. The number of ether oxygens (including phenoxy) is 1. The molecule has 1 aliphatic heterocycles. The fourth-order valence-corrected chi connectivity index (χ4v) is 2.15. The number of carbonyl (C=O) groups excluding carboxylic acids is 1. The first-order valence-electron chi connectivity index (χ1n) is 6.43. The van der Waals surface area contributed by atoms with E-state index in [2.05, 4.69) is 12.2 Å². The second-order valence-electron chi connectivity index (χ2n) is 4.79. The van der Waals surface area contributed by atoms with E-state index in [1.165, 1.54) is 12.8 Å². The van der Waals surface area contributed by atoms with Crippen molar-refractivity contribution in [2.45, 2.75) is 38.6 Å². The lowest BCUT2D eigenvalue weighted by molar-refractivity contribution is 0.0113. The molecule has 1 atom stereocenters. The van der Waals surface area contributed by atoms with Crippen LogP contribution in [0.15, 0.2) is 0 Å². The van der Waals surface area contributed by atoms with Crippen molar-refractivity contribution in [2.24, 2.45) is 5.92 Å². The summed E-state index contributed by atoms with van der Waals surface area (Å²) in [5.41, 5.74) is 0. The number of amides is 2. The Hall–Kier alpha value is -0.770. The number of hydrogen-bond donors (Lipinski definition) is 1. The number of nitrogens with one attached hydrogen (secondary N) is 1. The molecule has 4 nitrogen and oxygen atoms in total. The van der Waals surface area contributed by atoms with E-state index >= 15 is 0 Å². The van der Waals surface area contributed by atoms with Gasteiger partial charge in [-0.25, -0.2) is 4.79 Å². The number of carbonyl (C=O) groups is 1. The van der Waals surface area contributed by atoms with E-state index in [4.69, 9.17) is 4.74 Å². The standard InChI is InChI=1S/C12H22N2O2/c1-2-11-9-16-8-7-14(11)12(15)13-6-5-10-3-4-10/h10-11H,2-9H2,1H3,(H,13,15)/t11-/m0/s1. The second-order valence-corrected chi connectivity index (χ2v) is 4.79. The van der Waals surface area contributed by atoms with Gasteiger partial charge in [-0.1, -0.05) is 19.8 Å². The Morgan fingerprint density at radius 1 is 1.50 bits per heavy atom. The van der Waals surface area contributed by atoms with Crippen molar-refractivity contribution >= 4 is 6.03 Å². The molecule has 4 heteroatoms. The lowest BCUT2D eigenvalue weighted by atomic mass is 10.2. The Morgan fingerprint density at radius 2 is 2.31 bits per heavy atom. The Bertz CT molecular complexity index is 241. The Balaban J connectivity index is 1.72. The minimum absolute atomic E-state index is 0.0933. The number of urea groups is 1. The molecular formula is C12H22N2O2. The molecule has 2 rings (SSSR count). The van der Waals surface area contributed by atoms with Crippen LogP contribution < -0.4 is 5.32 Å². The molecule has 2 amide bonds. The van der Waals surface area contributed by atoms with Gasteiger partial charge in [-0.3, -0.25) is 0 Å². The van der Waals surface area contributed by atoms with Crippen LogP contribution in [0.2, 0.25) is 0 Å².